The summed E-state index contributed by atoms with van der Waals surface area (Å²) in [6.07, 6.45) is 0. The molecule has 26 heavy (non-hydrogen) atoms. The van der Waals surface area contributed by atoms with Crippen molar-refractivity contribution < 1.29 is 10.1 Å². The number of quaternary nitrogens is 1. The van der Waals surface area contributed by atoms with E-state index in [4.69, 9.17) is 23.2 Å². The van der Waals surface area contributed by atoms with Crippen molar-refractivity contribution in [2.24, 2.45) is 0 Å². The van der Waals surface area contributed by atoms with Crippen LogP contribution in [0.3, 0.4) is 0 Å². The predicted molar refractivity (Wildman–Crippen MR) is 107 cm³/mol. The summed E-state index contributed by atoms with van der Waals surface area (Å²) in [4.78, 5) is 12.4. The lowest BCUT2D eigenvalue weighted by Gasteiger charge is -2.16. The first kappa shape index (κ1) is 18.5. The van der Waals surface area contributed by atoms with Gasteiger partial charge in [-0.3, -0.25) is 4.79 Å². The van der Waals surface area contributed by atoms with Crippen molar-refractivity contribution in [1.29, 1.82) is 0 Å². The zero-order chi connectivity index (χ0) is 18.4. The molecule has 0 heterocycles. The van der Waals surface area contributed by atoms with Gasteiger partial charge in [-0.2, -0.15) is 0 Å². The molecule has 0 spiro atoms. The highest BCUT2D eigenvalue weighted by molar-refractivity contribution is 6.43. The van der Waals surface area contributed by atoms with Gasteiger partial charge in [0.25, 0.3) is 5.91 Å². The molecule has 0 aromatic heterocycles. The normalized spacial score (nSPS) is 10.7. The molecule has 3 N–H and O–H groups in total. The van der Waals surface area contributed by atoms with Gasteiger partial charge in [-0.15, -0.1) is 0 Å². The molecule has 0 saturated carbocycles. The van der Waals surface area contributed by atoms with Crippen molar-refractivity contribution in [3.05, 3.63) is 100 Å². The van der Waals surface area contributed by atoms with E-state index >= 15 is 0 Å². The lowest BCUT2D eigenvalue weighted by atomic mass is 9.99. The third kappa shape index (κ3) is 4.64. The molecule has 0 radical (unpaired) electrons. The molecule has 0 aliphatic carbocycles. The van der Waals surface area contributed by atoms with Gasteiger partial charge < -0.3 is 10.6 Å². The average molecular weight is 386 g/mol. The topological polar surface area (TPSA) is 45.7 Å². The van der Waals surface area contributed by atoms with Crippen LogP contribution < -0.4 is 10.6 Å². The summed E-state index contributed by atoms with van der Waals surface area (Å²) in [5.74, 6) is -0.133. The number of halogens is 2. The van der Waals surface area contributed by atoms with Gasteiger partial charge in [-0.05, 0) is 12.1 Å². The molecule has 0 aliphatic rings. The van der Waals surface area contributed by atoms with Crippen LogP contribution in [0.5, 0.6) is 0 Å². The van der Waals surface area contributed by atoms with E-state index in [0.717, 1.165) is 11.1 Å². The van der Waals surface area contributed by atoms with E-state index in [9.17, 15) is 4.79 Å². The van der Waals surface area contributed by atoms with Crippen molar-refractivity contribution in [3.8, 4) is 0 Å². The molecule has 0 saturated heterocycles. The van der Waals surface area contributed by atoms with E-state index in [1.807, 2.05) is 41.7 Å². The molecule has 5 heteroatoms. The Kier molecular flexibility index (Phi) is 6.29. The second-order valence-electron chi connectivity index (χ2n) is 5.89. The Hall–Kier alpha value is -2.33. The second-order valence-corrected chi connectivity index (χ2v) is 6.67. The van der Waals surface area contributed by atoms with E-state index in [-0.39, 0.29) is 18.5 Å². The molecular formula is C21H19Cl2N2O+. The molecule has 0 fully saturated rings. The summed E-state index contributed by atoms with van der Waals surface area (Å²) < 4.78 is 0. The van der Waals surface area contributed by atoms with E-state index in [1.54, 1.807) is 18.2 Å². The first-order valence-corrected chi connectivity index (χ1v) is 9.08. The van der Waals surface area contributed by atoms with Crippen LogP contribution in [0.15, 0.2) is 78.9 Å². The SMILES string of the molecule is O=C(C[NH2+]C(c1ccccc1)c1ccccc1)Nc1cccc(Cl)c1Cl. The minimum Gasteiger partial charge on any atom is -0.328 e. The van der Waals surface area contributed by atoms with Crippen LogP contribution in [0.4, 0.5) is 5.69 Å². The Morgan fingerprint density at radius 2 is 1.42 bits per heavy atom. The fraction of sp³-hybridized carbons (Fsp3) is 0.0952. The van der Waals surface area contributed by atoms with Crippen LogP contribution in [0.2, 0.25) is 10.0 Å². The Bertz CT molecular complexity index is 830. The molecule has 3 aromatic rings. The number of benzene rings is 3. The van der Waals surface area contributed by atoms with Crippen LogP contribution in [-0.4, -0.2) is 12.5 Å². The summed E-state index contributed by atoms with van der Waals surface area (Å²) in [6.45, 7) is 0.261. The number of anilines is 1. The van der Waals surface area contributed by atoms with Gasteiger partial charge >= 0.3 is 0 Å². The van der Waals surface area contributed by atoms with Crippen LogP contribution in [0.25, 0.3) is 0 Å². The van der Waals surface area contributed by atoms with Gasteiger partial charge in [0.05, 0.1) is 15.7 Å². The second kappa shape index (κ2) is 8.86. The first-order chi connectivity index (χ1) is 12.6. The Morgan fingerprint density at radius 3 is 2.00 bits per heavy atom. The summed E-state index contributed by atoms with van der Waals surface area (Å²) in [5, 5.41) is 5.60. The Morgan fingerprint density at radius 1 is 0.846 bits per heavy atom. The van der Waals surface area contributed by atoms with Crippen LogP contribution in [-0.2, 0) is 4.79 Å². The van der Waals surface area contributed by atoms with Gasteiger partial charge in [0, 0.05) is 11.1 Å². The quantitative estimate of drug-likeness (QED) is 0.653. The van der Waals surface area contributed by atoms with Gasteiger partial charge in [-0.1, -0.05) is 89.9 Å². The maximum atomic E-state index is 12.4. The lowest BCUT2D eigenvalue weighted by Crippen LogP contribution is -2.87. The summed E-state index contributed by atoms with van der Waals surface area (Å²) in [5.41, 5.74) is 2.81. The van der Waals surface area contributed by atoms with Crippen LogP contribution in [0, 0.1) is 0 Å². The van der Waals surface area contributed by atoms with Gasteiger partial charge in [0.2, 0.25) is 0 Å². The molecule has 3 rings (SSSR count). The predicted octanol–water partition coefficient (Wildman–Crippen LogP) is 4.28. The molecule has 132 valence electrons. The highest BCUT2D eigenvalue weighted by Crippen LogP contribution is 2.29. The minimum absolute atomic E-state index is 0.0398. The summed E-state index contributed by atoms with van der Waals surface area (Å²) in [7, 11) is 0. The van der Waals surface area contributed by atoms with E-state index in [1.165, 1.54) is 0 Å². The third-order valence-electron chi connectivity index (χ3n) is 4.08. The number of rotatable bonds is 6. The number of amides is 1. The average Bonchev–Trinajstić information content (AvgIpc) is 2.67. The van der Waals surface area contributed by atoms with E-state index < -0.39 is 0 Å². The fourth-order valence-corrected chi connectivity index (χ4v) is 3.16. The number of carbonyl (C=O) groups is 1. The molecule has 3 nitrogen and oxygen atoms in total. The monoisotopic (exact) mass is 385 g/mol. The van der Waals surface area contributed by atoms with E-state index in [0.29, 0.717) is 15.7 Å². The molecule has 0 bridgehead atoms. The number of nitrogens with one attached hydrogen (secondary N) is 1. The maximum absolute atomic E-state index is 12.4. The molecule has 3 aromatic carbocycles. The first-order valence-electron chi connectivity index (χ1n) is 8.32. The van der Waals surface area contributed by atoms with Gasteiger partial charge in [0.15, 0.2) is 6.54 Å². The van der Waals surface area contributed by atoms with Gasteiger partial charge in [-0.25, -0.2) is 0 Å². The zero-order valence-corrected chi connectivity index (χ0v) is 15.5. The van der Waals surface area contributed by atoms with Crippen molar-refractivity contribution in [2.45, 2.75) is 6.04 Å². The number of hydrogen-bond acceptors (Lipinski definition) is 1. The van der Waals surface area contributed by atoms with Crippen LogP contribution in [0.1, 0.15) is 17.2 Å². The molecular weight excluding hydrogens is 367 g/mol. The van der Waals surface area contributed by atoms with Crippen molar-refractivity contribution in [2.75, 3.05) is 11.9 Å². The number of carbonyl (C=O) groups excluding carboxylic acids is 1. The smallest absolute Gasteiger partial charge is 0.279 e. The lowest BCUT2D eigenvalue weighted by molar-refractivity contribution is -0.676. The highest BCUT2D eigenvalue weighted by atomic mass is 35.5. The van der Waals surface area contributed by atoms with E-state index in [2.05, 4.69) is 29.6 Å². The summed E-state index contributed by atoms with van der Waals surface area (Å²) >= 11 is 12.1. The van der Waals surface area contributed by atoms with Gasteiger partial charge in [0.1, 0.15) is 6.04 Å². The molecule has 0 atom stereocenters. The van der Waals surface area contributed by atoms with Crippen molar-refractivity contribution in [3.63, 3.8) is 0 Å². The largest absolute Gasteiger partial charge is 0.328 e. The number of nitrogens with two attached hydrogens (primary N) is 1. The minimum atomic E-state index is -0.133. The third-order valence-corrected chi connectivity index (χ3v) is 4.90. The van der Waals surface area contributed by atoms with Crippen molar-refractivity contribution in [1.82, 2.24) is 0 Å². The Labute approximate surface area is 163 Å². The molecule has 0 aliphatic heterocycles. The molecule has 0 unspecified atom stereocenters. The summed E-state index contributed by atoms with van der Waals surface area (Å²) in [6, 6.07) is 25.5. The highest BCUT2D eigenvalue weighted by Gasteiger charge is 2.19. The standard InChI is InChI=1S/C21H18Cl2N2O/c22-17-12-7-13-18(20(17)23)25-19(26)14-24-21(15-8-3-1-4-9-15)16-10-5-2-6-11-16/h1-13,21,24H,14H2,(H,25,26)/p+1. The zero-order valence-electron chi connectivity index (χ0n) is 14.0. The van der Waals surface area contributed by atoms with Crippen molar-refractivity contribution >= 4 is 34.8 Å². The number of hydrogen-bond donors (Lipinski definition) is 2. The van der Waals surface area contributed by atoms with Crippen LogP contribution >= 0.6 is 23.2 Å². The maximum Gasteiger partial charge on any atom is 0.279 e. The molecule has 1 amide bonds. The Balaban J connectivity index is 1.72. The fourth-order valence-electron chi connectivity index (χ4n) is 2.81.